The molecule has 0 bridgehead atoms. The number of anilines is 2. The second kappa shape index (κ2) is 25.8. The monoisotopic (exact) mass is 1330 g/mol. The molecule has 22 nitrogen and oxygen atoms in total. The van der Waals surface area contributed by atoms with Crippen LogP contribution in [-0.2, 0) is 28.5 Å². The van der Waals surface area contributed by atoms with Gasteiger partial charge in [-0.15, -0.1) is 12.8 Å². The van der Waals surface area contributed by atoms with Gasteiger partial charge in [-0.2, -0.15) is 28.7 Å². The summed E-state index contributed by atoms with van der Waals surface area (Å²) in [4.78, 5) is 49.3. The van der Waals surface area contributed by atoms with E-state index in [9.17, 15) is 49.0 Å². The van der Waals surface area contributed by atoms with Crippen LogP contribution in [0.4, 0.5) is 20.4 Å². The first kappa shape index (κ1) is 68.8. The van der Waals surface area contributed by atoms with E-state index in [1.165, 1.54) is 21.8 Å². The standard InChI is InChI=1S/2C36H50FN5O6/c1-5-36(26(45)16-27(48-36)42-18-39-30-31(38)40-33(37)41-32(30)42)17-47-28(46)9-6-19(2)22-7-8-23-29-24(11-13-35(22,23)4)34(3)12-10-21(43)14-20(34)15-25(29)44;1-5-36(17-43)26(16-27(48-36)42-18-39-30-31(38)40-33(37)41-32(30)42)47-28(46)9-6-19(2)22-7-8-23-29-24(11-13-35(22,23)4)34(3)12-10-21(44)14-20(34)15-25(29)45/h2*1,18-27,29,43-45H,6-17H2,2-4H3,(H2,38,40,41)/t2*19-,20+,21-,22-,23+,24+,25+,26+,27-,29+,34+,35-,36-/m11/s1. The highest BCUT2D eigenvalue weighted by molar-refractivity contribution is 5.82. The van der Waals surface area contributed by atoms with Crippen LogP contribution in [0.25, 0.3) is 22.3 Å². The van der Waals surface area contributed by atoms with E-state index in [0.717, 1.165) is 103 Å². The number of nitrogens with two attached hydrogens (primary N) is 2. The molecule has 10 N–H and O–H groups in total. The van der Waals surface area contributed by atoms with Gasteiger partial charge in [-0.3, -0.25) is 18.7 Å². The van der Waals surface area contributed by atoms with Crippen molar-refractivity contribution in [2.75, 3.05) is 24.7 Å². The molecule has 2 saturated heterocycles. The molecule has 524 valence electrons. The van der Waals surface area contributed by atoms with Crippen LogP contribution in [0.1, 0.15) is 195 Å². The van der Waals surface area contributed by atoms with Gasteiger partial charge >= 0.3 is 24.1 Å². The Morgan fingerprint density at radius 3 is 1.52 bits per heavy atom. The number of nitrogens with zero attached hydrogens (tertiary/aromatic N) is 8. The van der Waals surface area contributed by atoms with E-state index in [1.54, 1.807) is 0 Å². The SMILES string of the molecule is C#C[C@]1(CO)O[C@@H](n2cnc3c(N)nc(F)nc32)C[C@@H]1OC(=O)CC[C@@H](C)[C@H]1CC[C@H]2[C@@H]3[C@@H](O)C[C@@H]4C[C@H](O)CC[C@]4(C)[C@H]3CC[C@]12C.C#C[C@]1(COC(=O)CC[C@@H](C)[C@H]2CC[C@H]3[C@@H]4[C@@H](O)C[C@@H]5C[C@H](O)CC[C@]5(C)[C@H]4CC[C@]23C)O[C@@H](n2cnc3c(N)nc(F)nc32)C[C@@H]1O. The van der Waals surface area contributed by atoms with Crippen molar-refractivity contribution in [1.29, 1.82) is 0 Å². The van der Waals surface area contributed by atoms with Crippen molar-refractivity contribution in [3.8, 4) is 24.7 Å². The maximum atomic E-state index is 14.0. The number of carbonyl (C=O) groups is 2. The first-order valence-corrected chi connectivity index (χ1v) is 35.6. The van der Waals surface area contributed by atoms with Crippen molar-refractivity contribution < 1.29 is 68.0 Å². The number of aliphatic hydroxyl groups excluding tert-OH is 6. The summed E-state index contributed by atoms with van der Waals surface area (Å²) in [6, 6.07) is 0. The van der Waals surface area contributed by atoms with Crippen LogP contribution < -0.4 is 11.5 Å². The van der Waals surface area contributed by atoms with E-state index in [2.05, 4.69) is 83.3 Å². The van der Waals surface area contributed by atoms with E-state index in [-0.39, 0.29) is 118 Å². The quantitative estimate of drug-likeness (QED) is 0.0334. The van der Waals surface area contributed by atoms with Gasteiger partial charge in [-0.25, -0.2) is 9.97 Å². The predicted octanol–water partition coefficient (Wildman–Crippen LogP) is 8.30. The topological polar surface area (TPSA) is 332 Å². The fourth-order valence-corrected chi connectivity index (χ4v) is 22.8. The second-order valence-electron chi connectivity index (χ2n) is 32.3. The van der Waals surface area contributed by atoms with Gasteiger partial charge in [0.1, 0.15) is 31.3 Å². The molecule has 6 heterocycles. The lowest BCUT2D eigenvalue weighted by molar-refractivity contribution is -0.174. The van der Waals surface area contributed by atoms with Crippen molar-refractivity contribution in [2.24, 2.45) is 92.7 Å². The molecule has 0 amide bonds. The highest BCUT2D eigenvalue weighted by atomic mass is 19.1. The Balaban J connectivity index is 0.000000174. The summed E-state index contributed by atoms with van der Waals surface area (Å²) >= 11 is 0. The number of nitrogen functional groups attached to an aromatic ring is 2. The Bertz CT molecular complexity index is 3650. The summed E-state index contributed by atoms with van der Waals surface area (Å²) in [5.41, 5.74) is 9.64. The molecule has 0 aromatic carbocycles. The number of aliphatic hydroxyl groups is 6. The van der Waals surface area contributed by atoms with Gasteiger partial charge in [0, 0.05) is 25.7 Å². The van der Waals surface area contributed by atoms with E-state index >= 15 is 0 Å². The number of halogens is 2. The lowest BCUT2D eigenvalue weighted by Crippen LogP contribution is -2.58. The Hall–Kier alpha value is -5.70. The van der Waals surface area contributed by atoms with Crippen LogP contribution in [0.5, 0.6) is 0 Å². The number of carbonyl (C=O) groups excluding carboxylic acids is 2. The van der Waals surface area contributed by atoms with Crippen molar-refractivity contribution in [3.05, 3.63) is 24.8 Å². The Morgan fingerprint density at radius 2 is 1.05 bits per heavy atom. The second-order valence-corrected chi connectivity index (χ2v) is 32.3. The molecule has 4 aromatic rings. The predicted molar refractivity (Wildman–Crippen MR) is 348 cm³/mol. The molecule has 0 spiro atoms. The molecule has 26 atom stereocenters. The number of hydrogen-bond donors (Lipinski definition) is 8. The lowest BCUT2D eigenvalue weighted by Gasteiger charge is -2.62. The number of fused-ring (bicyclic) bond motifs is 12. The first-order valence-electron chi connectivity index (χ1n) is 35.6. The Kier molecular flexibility index (Phi) is 18.5. The number of imidazole rings is 2. The van der Waals surface area contributed by atoms with Gasteiger partial charge in [-0.05, 0) is 208 Å². The van der Waals surface area contributed by atoms with Crippen LogP contribution in [0, 0.1) is 130 Å². The fourth-order valence-electron chi connectivity index (χ4n) is 22.8. The van der Waals surface area contributed by atoms with Gasteiger partial charge in [0.25, 0.3) is 0 Å². The third kappa shape index (κ3) is 11.6. The minimum atomic E-state index is -1.59. The fraction of sp³-hybridized carbons (Fsp3) is 0.778. The maximum absolute atomic E-state index is 14.0. The summed E-state index contributed by atoms with van der Waals surface area (Å²) < 4.78 is 54.5. The summed E-state index contributed by atoms with van der Waals surface area (Å²) in [6.07, 6.45) is 25.3. The van der Waals surface area contributed by atoms with E-state index < -0.39 is 66.6 Å². The smallest absolute Gasteiger partial charge is 0.312 e. The highest BCUT2D eigenvalue weighted by Crippen LogP contribution is 2.70. The van der Waals surface area contributed by atoms with Crippen LogP contribution in [0.3, 0.4) is 0 Å². The van der Waals surface area contributed by atoms with Crippen molar-refractivity contribution in [2.45, 2.75) is 243 Å². The van der Waals surface area contributed by atoms with Crippen LogP contribution >= 0.6 is 0 Å². The van der Waals surface area contributed by atoms with E-state index in [0.29, 0.717) is 77.9 Å². The Morgan fingerprint density at radius 1 is 0.615 bits per heavy atom. The number of rotatable bonds is 14. The van der Waals surface area contributed by atoms with E-state index in [4.69, 9.17) is 43.3 Å². The zero-order valence-corrected chi connectivity index (χ0v) is 56.4. The molecule has 2 aliphatic heterocycles. The largest absolute Gasteiger partial charge is 0.461 e. The minimum Gasteiger partial charge on any atom is -0.461 e. The molecule has 24 heteroatoms. The number of esters is 2. The third-order valence-electron chi connectivity index (χ3n) is 27.9. The average molecular weight is 1340 g/mol. The van der Waals surface area contributed by atoms with Gasteiger partial charge in [0.05, 0.1) is 43.7 Å². The summed E-state index contributed by atoms with van der Waals surface area (Å²) in [5, 5.41) is 65.1. The average Bonchev–Trinajstić information content (AvgIpc) is 1.11. The number of ether oxygens (including phenoxy) is 4. The molecule has 10 fully saturated rings. The van der Waals surface area contributed by atoms with Gasteiger partial charge in [0.15, 0.2) is 45.2 Å². The van der Waals surface area contributed by atoms with Gasteiger partial charge in [0.2, 0.25) is 0 Å². The van der Waals surface area contributed by atoms with Crippen LogP contribution in [0.2, 0.25) is 0 Å². The molecule has 8 aliphatic carbocycles. The number of hydrogen-bond acceptors (Lipinski definition) is 20. The van der Waals surface area contributed by atoms with Crippen molar-refractivity contribution >= 4 is 45.9 Å². The zero-order valence-electron chi connectivity index (χ0n) is 56.4. The summed E-state index contributed by atoms with van der Waals surface area (Å²) in [6.45, 7) is 13.3. The summed E-state index contributed by atoms with van der Waals surface area (Å²) in [7, 11) is 0. The van der Waals surface area contributed by atoms with Crippen molar-refractivity contribution in [3.63, 3.8) is 0 Å². The van der Waals surface area contributed by atoms with Gasteiger partial charge < -0.3 is 61.1 Å². The molecule has 4 aromatic heterocycles. The summed E-state index contributed by atoms with van der Waals surface area (Å²) in [5.74, 6) is 8.67. The molecular formula is C72H100F2N10O12. The molecule has 0 radical (unpaired) electrons. The third-order valence-corrected chi connectivity index (χ3v) is 27.9. The van der Waals surface area contributed by atoms with Crippen LogP contribution in [-0.4, -0.2) is 143 Å². The normalized spacial score (nSPS) is 42.8. The molecular weight excluding hydrogens is 1230 g/mol. The molecule has 0 unspecified atom stereocenters. The molecule has 10 aliphatic rings. The zero-order chi connectivity index (χ0) is 68.3. The minimum absolute atomic E-state index is 0.0511. The number of terminal acetylenes is 2. The lowest BCUT2D eigenvalue weighted by atomic mass is 9.43. The van der Waals surface area contributed by atoms with Gasteiger partial charge in [-0.1, -0.05) is 53.4 Å². The van der Waals surface area contributed by atoms with Crippen LogP contribution in [0.15, 0.2) is 12.7 Å². The molecule has 8 saturated carbocycles. The van der Waals surface area contributed by atoms with E-state index in [1.807, 2.05) is 0 Å². The molecule has 96 heavy (non-hydrogen) atoms. The Labute approximate surface area is 560 Å². The maximum Gasteiger partial charge on any atom is 0.312 e. The highest BCUT2D eigenvalue weighted by Gasteiger charge is 2.65. The number of aromatic nitrogens is 8. The molecule has 14 rings (SSSR count). The first-order chi connectivity index (χ1) is 45.6. The van der Waals surface area contributed by atoms with Crippen molar-refractivity contribution in [1.82, 2.24) is 39.0 Å².